The Bertz CT molecular complexity index is 274. The molecule has 0 radical (unpaired) electrons. The highest BCUT2D eigenvalue weighted by atomic mass is 15.3. The molecule has 0 amide bonds. The van der Waals surface area contributed by atoms with Gasteiger partial charge in [-0.05, 0) is 45.8 Å². The van der Waals surface area contributed by atoms with Crippen molar-refractivity contribution in [3.05, 3.63) is 0 Å². The van der Waals surface area contributed by atoms with Crippen LogP contribution in [0, 0.1) is 0 Å². The van der Waals surface area contributed by atoms with Gasteiger partial charge in [0, 0.05) is 44.3 Å². The molecule has 4 heteroatoms. The van der Waals surface area contributed by atoms with Crippen LogP contribution in [0.5, 0.6) is 0 Å². The van der Waals surface area contributed by atoms with E-state index >= 15 is 0 Å². The summed E-state index contributed by atoms with van der Waals surface area (Å²) in [6.07, 6.45) is 5.38. The maximum atomic E-state index is 6.15. The molecule has 1 aliphatic carbocycles. The van der Waals surface area contributed by atoms with Gasteiger partial charge in [0.25, 0.3) is 0 Å². The van der Waals surface area contributed by atoms with Crippen LogP contribution in [-0.2, 0) is 0 Å². The molecule has 0 aromatic heterocycles. The van der Waals surface area contributed by atoms with E-state index in [-0.39, 0.29) is 0 Å². The fourth-order valence-electron chi connectivity index (χ4n) is 3.69. The third kappa shape index (κ3) is 2.44. The first-order valence-corrected chi connectivity index (χ1v) is 7.61. The van der Waals surface area contributed by atoms with E-state index in [1.165, 1.54) is 65.0 Å². The molecule has 18 heavy (non-hydrogen) atoms. The first kappa shape index (κ1) is 12.9. The number of nitrogens with two attached hydrogens (primary N) is 1. The van der Waals surface area contributed by atoms with E-state index < -0.39 is 0 Å². The van der Waals surface area contributed by atoms with Crippen LogP contribution in [0.1, 0.15) is 25.7 Å². The average Bonchev–Trinajstić information content (AvgIpc) is 3.25. The van der Waals surface area contributed by atoms with Gasteiger partial charge in [-0.1, -0.05) is 0 Å². The van der Waals surface area contributed by atoms with Gasteiger partial charge in [-0.3, -0.25) is 9.80 Å². The number of nitrogens with zero attached hydrogens (tertiary/aromatic N) is 3. The summed E-state index contributed by atoms with van der Waals surface area (Å²) in [6.45, 7) is 8.25. The predicted molar refractivity (Wildman–Crippen MR) is 74.7 cm³/mol. The molecule has 2 saturated heterocycles. The van der Waals surface area contributed by atoms with Crippen molar-refractivity contribution < 1.29 is 0 Å². The first-order valence-electron chi connectivity index (χ1n) is 7.61. The highest BCUT2D eigenvalue weighted by molar-refractivity contribution is 4.98. The normalized spacial score (nSPS) is 31.7. The van der Waals surface area contributed by atoms with Gasteiger partial charge in [0.05, 0.1) is 0 Å². The van der Waals surface area contributed by atoms with E-state index in [2.05, 4.69) is 21.7 Å². The summed E-state index contributed by atoms with van der Waals surface area (Å²) in [4.78, 5) is 7.84. The number of piperazine rings is 1. The van der Waals surface area contributed by atoms with Crippen molar-refractivity contribution in [3.8, 4) is 0 Å². The molecule has 0 atom stereocenters. The highest BCUT2D eigenvalue weighted by Gasteiger charge is 2.40. The van der Waals surface area contributed by atoms with E-state index in [1.807, 2.05) is 0 Å². The van der Waals surface area contributed by atoms with Crippen molar-refractivity contribution in [2.45, 2.75) is 37.3 Å². The quantitative estimate of drug-likeness (QED) is 0.778. The van der Waals surface area contributed by atoms with Gasteiger partial charge in [-0.15, -0.1) is 0 Å². The predicted octanol–water partition coefficient (Wildman–Crippen LogP) is 0.190. The van der Waals surface area contributed by atoms with Gasteiger partial charge in [0.1, 0.15) is 0 Å². The summed E-state index contributed by atoms with van der Waals surface area (Å²) in [5.41, 5.74) is 6.46. The van der Waals surface area contributed by atoms with Gasteiger partial charge in [0.15, 0.2) is 0 Å². The molecule has 1 saturated carbocycles. The molecule has 4 nitrogen and oxygen atoms in total. The average molecular weight is 252 g/mol. The van der Waals surface area contributed by atoms with Gasteiger partial charge in [-0.2, -0.15) is 0 Å². The van der Waals surface area contributed by atoms with Crippen molar-refractivity contribution in [1.82, 2.24) is 14.7 Å². The number of hydrogen-bond donors (Lipinski definition) is 1. The number of likely N-dealkylation sites (tertiary alicyclic amines) is 1. The molecule has 3 fully saturated rings. The van der Waals surface area contributed by atoms with E-state index in [4.69, 9.17) is 5.73 Å². The lowest BCUT2D eigenvalue weighted by molar-refractivity contribution is -0.00294. The van der Waals surface area contributed by atoms with E-state index in [1.54, 1.807) is 0 Å². The van der Waals surface area contributed by atoms with E-state index in [0.717, 1.165) is 12.6 Å². The second-order valence-corrected chi connectivity index (χ2v) is 6.49. The van der Waals surface area contributed by atoms with Gasteiger partial charge < -0.3 is 10.6 Å². The molecule has 0 aromatic rings. The fraction of sp³-hybridized carbons (Fsp3) is 1.00. The van der Waals surface area contributed by atoms with Crippen LogP contribution in [0.2, 0.25) is 0 Å². The molecule has 2 N–H and O–H groups in total. The number of hydrogen-bond acceptors (Lipinski definition) is 4. The van der Waals surface area contributed by atoms with Crippen molar-refractivity contribution in [2.24, 2.45) is 5.73 Å². The highest BCUT2D eigenvalue weighted by Crippen LogP contribution is 2.32. The Morgan fingerprint density at radius 3 is 2.11 bits per heavy atom. The minimum absolute atomic E-state index is 0.308. The second-order valence-electron chi connectivity index (χ2n) is 6.49. The van der Waals surface area contributed by atoms with Gasteiger partial charge in [0.2, 0.25) is 0 Å². The summed E-state index contributed by atoms with van der Waals surface area (Å²) in [6, 6.07) is 0.929. The maximum absolute atomic E-state index is 6.15. The lowest BCUT2D eigenvalue weighted by Crippen LogP contribution is -2.63. The number of piperidine rings is 1. The second kappa shape index (κ2) is 5.08. The topological polar surface area (TPSA) is 35.7 Å². The third-order valence-corrected chi connectivity index (χ3v) is 5.35. The van der Waals surface area contributed by atoms with Crippen molar-refractivity contribution in [2.75, 3.05) is 52.9 Å². The Labute approximate surface area is 111 Å². The molecule has 3 rings (SSSR count). The van der Waals surface area contributed by atoms with E-state index in [9.17, 15) is 0 Å². The molecule has 104 valence electrons. The largest absolute Gasteiger partial charge is 0.329 e. The fourth-order valence-corrected chi connectivity index (χ4v) is 3.69. The summed E-state index contributed by atoms with van der Waals surface area (Å²) in [7, 11) is 2.23. The van der Waals surface area contributed by atoms with Crippen LogP contribution in [0.4, 0.5) is 0 Å². The zero-order chi connectivity index (χ0) is 12.6. The molecule has 0 unspecified atom stereocenters. The summed E-state index contributed by atoms with van der Waals surface area (Å²) < 4.78 is 0. The monoisotopic (exact) mass is 252 g/mol. The Kier molecular flexibility index (Phi) is 3.63. The van der Waals surface area contributed by atoms with Crippen LogP contribution in [0.3, 0.4) is 0 Å². The van der Waals surface area contributed by atoms with Crippen LogP contribution < -0.4 is 5.73 Å². The lowest BCUT2D eigenvalue weighted by atomic mass is 9.85. The molecule has 3 aliphatic rings. The van der Waals surface area contributed by atoms with Crippen molar-refractivity contribution in [3.63, 3.8) is 0 Å². The Morgan fingerprint density at radius 2 is 1.61 bits per heavy atom. The molecule has 0 bridgehead atoms. The Balaban J connectivity index is 1.58. The van der Waals surface area contributed by atoms with Gasteiger partial charge in [-0.25, -0.2) is 0 Å². The molecule has 2 heterocycles. The van der Waals surface area contributed by atoms with E-state index in [0.29, 0.717) is 5.54 Å². The SMILES string of the molecule is CN1CCC(CN)(N2CCN(C3CC3)CC2)CC1. The molecular formula is C14H28N4. The Morgan fingerprint density at radius 1 is 1.00 bits per heavy atom. The summed E-state index contributed by atoms with van der Waals surface area (Å²) in [5, 5.41) is 0. The zero-order valence-corrected chi connectivity index (χ0v) is 11.8. The molecule has 0 spiro atoms. The molecular weight excluding hydrogens is 224 g/mol. The number of rotatable bonds is 3. The zero-order valence-electron chi connectivity index (χ0n) is 11.8. The lowest BCUT2D eigenvalue weighted by Gasteiger charge is -2.50. The van der Waals surface area contributed by atoms with Crippen LogP contribution in [0.15, 0.2) is 0 Å². The maximum Gasteiger partial charge on any atom is 0.0357 e. The molecule has 2 aliphatic heterocycles. The molecule has 0 aromatic carbocycles. The van der Waals surface area contributed by atoms with Crippen molar-refractivity contribution >= 4 is 0 Å². The summed E-state index contributed by atoms with van der Waals surface area (Å²) >= 11 is 0. The smallest absolute Gasteiger partial charge is 0.0357 e. The van der Waals surface area contributed by atoms with Crippen LogP contribution in [-0.4, -0.2) is 79.1 Å². The standard InChI is InChI=1S/C14H28N4/c1-16-6-4-14(12-15,5-7-16)18-10-8-17(9-11-18)13-2-3-13/h13H,2-12,15H2,1H3. The van der Waals surface area contributed by atoms with Crippen LogP contribution >= 0.6 is 0 Å². The van der Waals surface area contributed by atoms with Crippen LogP contribution in [0.25, 0.3) is 0 Å². The van der Waals surface area contributed by atoms with Gasteiger partial charge >= 0.3 is 0 Å². The summed E-state index contributed by atoms with van der Waals surface area (Å²) in [5.74, 6) is 0. The third-order valence-electron chi connectivity index (χ3n) is 5.35. The first-order chi connectivity index (χ1) is 8.73. The van der Waals surface area contributed by atoms with Crippen molar-refractivity contribution in [1.29, 1.82) is 0 Å². The minimum Gasteiger partial charge on any atom is -0.329 e. The minimum atomic E-state index is 0.308. The Hall–Kier alpha value is -0.160.